The van der Waals surface area contributed by atoms with Gasteiger partial charge in [0.15, 0.2) is 5.16 Å². The lowest BCUT2D eigenvalue weighted by Crippen LogP contribution is -2.38. The third kappa shape index (κ3) is 4.38. The number of morpholine rings is 1. The molecule has 3 aromatic rings. The van der Waals surface area contributed by atoms with Crippen LogP contribution in [0.4, 0.5) is 11.6 Å². The summed E-state index contributed by atoms with van der Waals surface area (Å²) in [7, 11) is 0. The maximum Gasteiger partial charge on any atom is 0.237 e. The summed E-state index contributed by atoms with van der Waals surface area (Å²) in [6.45, 7) is 7.72. The standard InChI is InChI=1S/C21H25N5O2S/c1-3-26-20(25-10-12-28-13-11-25)23-24-21(26)29-15(2)19(27)22-18-9-8-16-6-4-5-7-17(16)14-18/h4-9,14-15H,3,10-13H2,1-2H3,(H,22,27)/t15-/m1/s1. The van der Waals surface area contributed by atoms with Gasteiger partial charge < -0.3 is 15.0 Å². The van der Waals surface area contributed by atoms with E-state index in [1.807, 2.05) is 43.3 Å². The highest BCUT2D eigenvalue weighted by Gasteiger charge is 2.23. The van der Waals surface area contributed by atoms with Crippen molar-refractivity contribution in [3.63, 3.8) is 0 Å². The molecule has 1 amide bonds. The minimum Gasteiger partial charge on any atom is -0.378 e. The molecule has 0 radical (unpaired) electrons. The zero-order valence-corrected chi connectivity index (χ0v) is 17.5. The number of benzene rings is 2. The van der Waals surface area contributed by atoms with Crippen LogP contribution in [0, 0.1) is 0 Å². The molecular formula is C21H25N5O2S. The monoisotopic (exact) mass is 411 g/mol. The summed E-state index contributed by atoms with van der Waals surface area (Å²) in [5.41, 5.74) is 0.798. The van der Waals surface area contributed by atoms with Crippen molar-refractivity contribution < 1.29 is 9.53 Å². The van der Waals surface area contributed by atoms with Gasteiger partial charge in [-0.1, -0.05) is 42.1 Å². The molecule has 1 aliphatic rings. The molecule has 1 N–H and O–H groups in total. The van der Waals surface area contributed by atoms with Crippen LogP contribution in [0.2, 0.25) is 0 Å². The Morgan fingerprint density at radius 3 is 2.69 bits per heavy atom. The number of nitrogens with zero attached hydrogens (tertiary/aromatic N) is 4. The molecule has 1 saturated heterocycles. The first-order valence-electron chi connectivity index (χ1n) is 9.88. The smallest absolute Gasteiger partial charge is 0.237 e. The number of ether oxygens (including phenoxy) is 1. The summed E-state index contributed by atoms with van der Waals surface area (Å²) in [5.74, 6) is 0.796. The van der Waals surface area contributed by atoms with Crippen LogP contribution >= 0.6 is 11.8 Å². The third-order valence-corrected chi connectivity index (χ3v) is 6.06. The largest absolute Gasteiger partial charge is 0.378 e. The van der Waals surface area contributed by atoms with Crippen molar-refractivity contribution in [2.45, 2.75) is 30.8 Å². The maximum absolute atomic E-state index is 12.7. The minimum absolute atomic E-state index is 0.0520. The van der Waals surface area contributed by atoms with Gasteiger partial charge in [-0.25, -0.2) is 0 Å². The summed E-state index contributed by atoms with van der Waals surface area (Å²) < 4.78 is 7.49. The number of rotatable bonds is 6. The van der Waals surface area contributed by atoms with Gasteiger partial charge in [0.25, 0.3) is 0 Å². The number of carbonyl (C=O) groups excluding carboxylic acids is 1. The average molecular weight is 412 g/mol. The van der Waals surface area contributed by atoms with Crippen molar-refractivity contribution in [1.29, 1.82) is 0 Å². The van der Waals surface area contributed by atoms with Gasteiger partial charge in [-0.3, -0.25) is 9.36 Å². The summed E-state index contributed by atoms with van der Waals surface area (Å²) >= 11 is 1.43. The Morgan fingerprint density at radius 1 is 1.17 bits per heavy atom. The third-order valence-electron chi connectivity index (χ3n) is 4.98. The summed E-state index contributed by atoms with van der Waals surface area (Å²) in [4.78, 5) is 14.9. The molecule has 1 fully saturated rings. The van der Waals surface area contributed by atoms with E-state index in [1.54, 1.807) is 0 Å². The van der Waals surface area contributed by atoms with Crippen LogP contribution in [0.3, 0.4) is 0 Å². The Bertz CT molecular complexity index is 1000. The van der Waals surface area contributed by atoms with Crippen LogP contribution in [0.25, 0.3) is 10.8 Å². The second-order valence-electron chi connectivity index (χ2n) is 6.94. The van der Waals surface area contributed by atoms with Crippen LogP contribution in [-0.2, 0) is 16.1 Å². The molecule has 8 heteroatoms. The molecule has 29 heavy (non-hydrogen) atoms. The molecule has 1 aromatic heterocycles. The van der Waals surface area contributed by atoms with Gasteiger partial charge in [0, 0.05) is 25.3 Å². The Morgan fingerprint density at radius 2 is 1.93 bits per heavy atom. The van der Waals surface area contributed by atoms with Crippen molar-refractivity contribution in [3.8, 4) is 0 Å². The lowest BCUT2D eigenvalue weighted by molar-refractivity contribution is -0.115. The van der Waals surface area contributed by atoms with Crippen molar-refractivity contribution in [2.24, 2.45) is 0 Å². The van der Waals surface area contributed by atoms with E-state index in [0.717, 1.165) is 47.2 Å². The number of amides is 1. The summed E-state index contributed by atoms with van der Waals surface area (Å²) in [5, 5.41) is 14.5. The number of anilines is 2. The first-order valence-corrected chi connectivity index (χ1v) is 10.8. The van der Waals surface area contributed by atoms with E-state index in [1.165, 1.54) is 11.8 Å². The molecule has 1 aliphatic heterocycles. The molecule has 0 unspecified atom stereocenters. The van der Waals surface area contributed by atoms with Crippen molar-refractivity contribution in [1.82, 2.24) is 14.8 Å². The predicted octanol–water partition coefficient (Wildman–Crippen LogP) is 3.41. The molecule has 1 atom stereocenters. The molecule has 7 nitrogen and oxygen atoms in total. The molecule has 0 saturated carbocycles. The maximum atomic E-state index is 12.7. The predicted molar refractivity (Wildman–Crippen MR) is 117 cm³/mol. The molecule has 0 aliphatic carbocycles. The van der Waals surface area contributed by atoms with E-state index in [0.29, 0.717) is 13.2 Å². The fourth-order valence-corrected chi connectivity index (χ4v) is 4.27. The Labute approximate surface area is 174 Å². The van der Waals surface area contributed by atoms with Gasteiger partial charge >= 0.3 is 0 Å². The second kappa shape index (κ2) is 8.84. The molecule has 0 spiro atoms. The van der Waals surface area contributed by atoms with Gasteiger partial charge in [0.1, 0.15) is 0 Å². The van der Waals surface area contributed by atoms with E-state index in [9.17, 15) is 4.79 Å². The molecular weight excluding hydrogens is 386 g/mol. The number of aromatic nitrogens is 3. The van der Waals surface area contributed by atoms with Gasteiger partial charge in [-0.15, -0.1) is 10.2 Å². The number of fused-ring (bicyclic) bond motifs is 1. The molecule has 2 aromatic carbocycles. The first-order chi connectivity index (χ1) is 14.2. The first kappa shape index (κ1) is 19.7. The van der Waals surface area contributed by atoms with E-state index in [2.05, 4.69) is 38.0 Å². The quantitative estimate of drug-likeness (QED) is 0.627. The number of hydrogen-bond donors (Lipinski definition) is 1. The average Bonchev–Trinajstić information content (AvgIpc) is 3.16. The van der Waals surface area contributed by atoms with Crippen LogP contribution in [0.1, 0.15) is 13.8 Å². The second-order valence-corrected chi connectivity index (χ2v) is 8.25. The molecule has 4 rings (SSSR count). The summed E-state index contributed by atoms with van der Waals surface area (Å²) in [6, 6.07) is 14.1. The Balaban J connectivity index is 1.44. The number of thioether (sulfide) groups is 1. The van der Waals surface area contributed by atoms with Crippen LogP contribution < -0.4 is 10.2 Å². The van der Waals surface area contributed by atoms with Gasteiger partial charge in [-0.2, -0.15) is 0 Å². The molecule has 2 heterocycles. The van der Waals surface area contributed by atoms with Crippen LogP contribution in [0.5, 0.6) is 0 Å². The van der Waals surface area contributed by atoms with E-state index in [4.69, 9.17) is 4.74 Å². The van der Waals surface area contributed by atoms with Gasteiger partial charge in [0.05, 0.1) is 18.5 Å². The molecule has 0 bridgehead atoms. The molecule has 152 valence electrons. The highest BCUT2D eigenvalue weighted by Crippen LogP contribution is 2.27. The highest BCUT2D eigenvalue weighted by atomic mass is 32.2. The Hall–Kier alpha value is -2.58. The topological polar surface area (TPSA) is 72.3 Å². The number of nitrogens with one attached hydrogen (secondary N) is 1. The normalized spacial score (nSPS) is 15.4. The van der Waals surface area contributed by atoms with Crippen LogP contribution in [-0.4, -0.2) is 52.2 Å². The van der Waals surface area contributed by atoms with E-state index >= 15 is 0 Å². The fourth-order valence-electron chi connectivity index (χ4n) is 3.36. The SMILES string of the molecule is CCn1c(S[C@H](C)C(=O)Nc2ccc3ccccc3c2)nnc1N1CCOCC1. The lowest BCUT2D eigenvalue weighted by Gasteiger charge is -2.27. The van der Waals surface area contributed by atoms with Crippen molar-refractivity contribution in [2.75, 3.05) is 36.5 Å². The minimum atomic E-state index is -0.298. The van der Waals surface area contributed by atoms with Crippen molar-refractivity contribution in [3.05, 3.63) is 42.5 Å². The van der Waals surface area contributed by atoms with Crippen molar-refractivity contribution >= 4 is 40.1 Å². The summed E-state index contributed by atoms with van der Waals surface area (Å²) in [6.07, 6.45) is 0. The zero-order chi connectivity index (χ0) is 20.2. The van der Waals surface area contributed by atoms with Gasteiger partial charge in [0.2, 0.25) is 11.9 Å². The van der Waals surface area contributed by atoms with Crippen LogP contribution in [0.15, 0.2) is 47.6 Å². The van der Waals surface area contributed by atoms with Gasteiger partial charge in [-0.05, 0) is 36.8 Å². The highest BCUT2D eigenvalue weighted by molar-refractivity contribution is 8.00. The van der Waals surface area contributed by atoms with E-state index < -0.39 is 0 Å². The fraction of sp³-hybridized carbons (Fsp3) is 0.381. The Kier molecular flexibility index (Phi) is 6.01. The lowest BCUT2D eigenvalue weighted by atomic mass is 10.1. The number of carbonyl (C=O) groups is 1. The zero-order valence-electron chi connectivity index (χ0n) is 16.7. The number of hydrogen-bond acceptors (Lipinski definition) is 6. The van der Waals surface area contributed by atoms with E-state index in [-0.39, 0.29) is 11.2 Å².